The fourth-order valence-electron chi connectivity index (χ4n) is 2.74. The Labute approximate surface area is 150 Å². The monoisotopic (exact) mass is 365 g/mol. The van der Waals surface area contributed by atoms with Crippen molar-refractivity contribution >= 4 is 34.6 Å². The van der Waals surface area contributed by atoms with Gasteiger partial charge in [-0.05, 0) is 25.1 Å². The maximum absolute atomic E-state index is 11.8. The van der Waals surface area contributed by atoms with E-state index in [0.29, 0.717) is 16.5 Å². The Morgan fingerprint density at radius 3 is 2.67 bits per heavy atom. The largest absolute Gasteiger partial charge is 0.462 e. The van der Waals surface area contributed by atoms with Gasteiger partial charge in [0.05, 0.1) is 11.6 Å². The first-order chi connectivity index (χ1) is 11.7. The van der Waals surface area contributed by atoms with E-state index in [0.717, 1.165) is 37.6 Å². The summed E-state index contributed by atoms with van der Waals surface area (Å²) in [6.07, 6.45) is 3.65. The molecule has 0 unspecified atom stereocenters. The minimum atomic E-state index is -0.293. The number of thiophene rings is 1. The molecule has 3 heterocycles. The number of pyridine rings is 1. The van der Waals surface area contributed by atoms with Crippen LogP contribution in [0.3, 0.4) is 0 Å². The Morgan fingerprint density at radius 1 is 1.29 bits per heavy atom. The fourth-order valence-corrected chi connectivity index (χ4v) is 4.08. The van der Waals surface area contributed by atoms with E-state index in [1.54, 1.807) is 13.0 Å². The van der Waals surface area contributed by atoms with Crippen LogP contribution in [0.15, 0.2) is 30.6 Å². The van der Waals surface area contributed by atoms with Crippen molar-refractivity contribution in [3.63, 3.8) is 0 Å². The van der Waals surface area contributed by atoms with Crippen LogP contribution in [0, 0.1) is 0 Å². The molecule has 0 spiro atoms. The lowest BCUT2D eigenvalue weighted by atomic mass is 10.2. The van der Waals surface area contributed by atoms with Crippen molar-refractivity contribution in [3.8, 4) is 0 Å². The van der Waals surface area contributed by atoms with Crippen LogP contribution < -0.4 is 4.90 Å². The van der Waals surface area contributed by atoms with Crippen LogP contribution in [-0.2, 0) is 11.3 Å². The molecule has 128 valence electrons. The highest BCUT2D eigenvalue weighted by atomic mass is 35.5. The van der Waals surface area contributed by atoms with E-state index in [4.69, 9.17) is 16.3 Å². The Hall–Kier alpha value is -1.63. The molecule has 1 aliphatic heterocycles. The lowest BCUT2D eigenvalue weighted by Crippen LogP contribution is -2.45. The third-order valence-corrected chi connectivity index (χ3v) is 5.55. The molecule has 0 saturated carbocycles. The van der Waals surface area contributed by atoms with Crippen LogP contribution in [0.5, 0.6) is 0 Å². The standard InChI is InChI=1S/C17H20ClN3O2S/c1-2-23-17(22)15-11-14(18)16(24-15)12-20-7-9-21(10-8-20)13-3-5-19-6-4-13/h3-6,11H,2,7-10,12H2,1H3. The summed E-state index contributed by atoms with van der Waals surface area (Å²) in [5.74, 6) is -0.293. The molecule has 2 aromatic heterocycles. The maximum atomic E-state index is 11.8. The summed E-state index contributed by atoms with van der Waals surface area (Å²) in [4.78, 5) is 22.2. The van der Waals surface area contributed by atoms with Gasteiger partial charge in [-0.3, -0.25) is 9.88 Å². The van der Waals surface area contributed by atoms with Crippen molar-refractivity contribution in [1.29, 1.82) is 0 Å². The zero-order valence-electron chi connectivity index (χ0n) is 13.6. The van der Waals surface area contributed by atoms with Gasteiger partial charge in [-0.2, -0.15) is 0 Å². The molecule has 0 aromatic carbocycles. The summed E-state index contributed by atoms with van der Waals surface area (Å²) in [6, 6.07) is 5.79. The highest BCUT2D eigenvalue weighted by Gasteiger charge is 2.20. The van der Waals surface area contributed by atoms with E-state index in [9.17, 15) is 4.79 Å². The Morgan fingerprint density at radius 2 is 2.00 bits per heavy atom. The minimum Gasteiger partial charge on any atom is -0.462 e. The Bertz CT molecular complexity index is 684. The van der Waals surface area contributed by atoms with Gasteiger partial charge in [0.2, 0.25) is 0 Å². The molecule has 0 radical (unpaired) electrons. The summed E-state index contributed by atoms with van der Waals surface area (Å²) in [7, 11) is 0. The molecule has 1 aliphatic rings. The molecular weight excluding hydrogens is 346 g/mol. The van der Waals surface area contributed by atoms with Crippen molar-refractivity contribution in [1.82, 2.24) is 9.88 Å². The summed E-state index contributed by atoms with van der Waals surface area (Å²) in [6.45, 7) is 6.82. The van der Waals surface area contributed by atoms with E-state index in [1.807, 2.05) is 24.5 Å². The third kappa shape index (κ3) is 4.06. The SMILES string of the molecule is CCOC(=O)c1cc(Cl)c(CN2CCN(c3ccncc3)CC2)s1. The lowest BCUT2D eigenvalue weighted by molar-refractivity contribution is 0.0532. The molecule has 0 N–H and O–H groups in total. The zero-order valence-corrected chi connectivity index (χ0v) is 15.1. The third-order valence-electron chi connectivity index (χ3n) is 4.00. The second-order valence-electron chi connectivity index (χ2n) is 5.57. The van der Waals surface area contributed by atoms with Gasteiger partial charge in [0.25, 0.3) is 0 Å². The predicted molar refractivity (Wildman–Crippen MR) is 97.0 cm³/mol. The van der Waals surface area contributed by atoms with E-state index in [1.165, 1.54) is 17.0 Å². The van der Waals surface area contributed by atoms with Gasteiger partial charge >= 0.3 is 5.97 Å². The Balaban J connectivity index is 1.57. The topological polar surface area (TPSA) is 45.7 Å². The first-order valence-electron chi connectivity index (χ1n) is 8.00. The van der Waals surface area contributed by atoms with Crippen LogP contribution in [-0.4, -0.2) is 48.6 Å². The smallest absolute Gasteiger partial charge is 0.348 e. The van der Waals surface area contributed by atoms with Crippen LogP contribution in [0.25, 0.3) is 0 Å². The molecule has 0 amide bonds. The molecular formula is C17H20ClN3O2S. The number of ether oxygens (including phenoxy) is 1. The second-order valence-corrected chi connectivity index (χ2v) is 7.11. The summed E-state index contributed by atoms with van der Waals surface area (Å²) >= 11 is 7.72. The van der Waals surface area contributed by atoms with Gasteiger partial charge in [-0.1, -0.05) is 11.6 Å². The molecule has 3 rings (SSSR count). The van der Waals surface area contributed by atoms with Crippen LogP contribution in [0.1, 0.15) is 21.5 Å². The van der Waals surface area contributed by atoms with Gasteiger partial charge in [-0.25, -0.2) is 4.79 Å². The lowest BCUT2D eigenvalue weighted by Gasteiger charge is -2.35. The van der Waals surface area contributed by atoms with Gasteiger partial charge in [0.1, 0.15) is 4.88 Å². The molecule has 2 aromatic rings. The number of hydrogen-bond acceptors (Lipinski definition) is 6. The van der Waals surface area contributed by atoms with E-state index < -0.39 is 0 Å². The average Bonchev–Trinajstić information content (AvgIpc) is 2.97. The molecule has 7 heteroatoms. The van der Waals surface area contributed by atoms with Crippen LogP contribution >= 0.6 is 22.9 Å². The fraction of sp³-hybridized carbons (Fsp3) is 0.412. The molecule has 1 fully saturated rings. The number of piperazine rings is 1. The number of aromatic nitrogens is 1. The normalized spacial score (nSPS) is 15.5. The van der Waals surface area contributed by atoms with E-state index in [-0.39, 0.29) is 5.97 Å². The molecule has 0 bridgehead atoms. The zero-order chi connectivity index (χ0) is 16.9. The summed E-state index contributed by atoms with van der Waals surface area (Å²) in [5, 5.41) is 0.652. The average molecular weight is 366 g/mol. The second kappa shape index (κ2) is 7.96. The number of hydrogen-bond donors (Lipinski definition) is 0. The summed E-state index contributed by atoms with van der Waals surface area (Å²) < 4.78 is 5.04. The van der Waals surface area contributed by atoms with Crippen LogP contribution in [0.2, 0.25) is 5.02 Å². The first kappa shape index (κ1) is 17.2. The molecule has 0 aliphatic carbocycles. The van der Waals surface area contributed by atoms with Crippen LogP contribution in [0.4, 0.5) is 5.69 Å². The summed E-state index contributed by atoms with van der Waals surface area (Å²) in [5.41, 5.74) is 1.21. The molecule has 5 nitrogen and oxygen atoms in total. The van der Waals surface area contributed by atoms with Crippen molar-refractivity contribution in [2.75, 3.05) is 37.7 Å². The van der Waals surface area contributed by atoms with Gasteiger partial charge < -0.3 is 9.64 Å². The van der Waals surface area contributed by atoms with Gasteiger partial charge in [0, 0.05) is 55.7 Å². The number of halogens is 1. The minimum absolute atomic E-state index is 0.293. The molecule has 1 saturated heterocycles. The number of rotatable bonds is 5. The van der Waals surface area contributed by atoms with Crippen molar-refractivity contribution in [2.45, 2.75) is 13.5 Å². The quantitative estimate of drug-likeness (QED) is 0.761. The molecule has 24 heavy (non-hydrogen) atoms. The van der Waals surface area contributed by atoms with Gasteiger partial charge in [-0.15, -0.1) is 11.3 Å². The predicted octanol–water partition coefficient (Wildman–Crippen LogP) is 3.30. The Kier molecular flexibility index (Phi) is 5.71. The highest BCUT2D eigenvalue weighted by molar-refractivity contribution is 7.14. The highest BCUT2D eigenvalue weighted by Crippen LogP contribution is 2.29. The van der Waals surface area contributed by atoms with Crippen molar-refractivity contribution < 1.29 is 9.53 Å². The van der Waals surface area contributed by atoms with E-state index in [2.05, 4.69) is 14.8 Å². The van der Waals surface area contributed by atoms with E-state index >= 15 is 0 Å². The maximum Gasteiger partial charge on any atom is 0.348 e. The number of esters is 1. The molecule has 0 atom stereocenters. The number of carbonyl (C=O) groups excluding carboxylic acids is 1. The number of nitrogens with zero attached hydrogens (tertiary/aromatic N) is 3. The number of anilines is 1. The first-order valence-corrected chi connectivity index (χ1v) is 9.19. The van der Waals surface area contributed by atoms with Gasteiger partial charge in [0.15, 0.2) is 0 Å². The van der Waals surface area contributed by atoms with Crippen molar-refractivity contribution in [2.24, 2.45) is 0 Å². The number of carbonyl (C=O) groups is 1. The van der Waals surface area contributed by atoms with Crippen molar-refractivity contribution in [3.05, 3.63) is 45.4 Å².